The maximum atomic E-state index is 12.9. The second-order valence-corrected chi connectivity index (χ2v) is 7.28. The second-order valence-electron chi connectivity index (χ2n) is 7.28. The largest absolute Gasteiger partial charge is 0.379 e. The molecule has 3 heterocycles. The van der Waals surface area contributed by atoms with E-state index in [9.17, 15) is 4.79 Å². The van der Waals surface area contributed by atoms with E-state index in [4.69, 9.17) is 10.5 Å². The van der Waals surface area contributed by atoms with Crippen LogP contribution in [0.2, 0.25) is 0 Å². The normalized spacial score (nSPS) is 18.4. The summed E-state index contributed by atoms with van der Waals surface area (Å²) in [5, 5.41) is 19.7. The monoisotopic (exact) mass is 439 g/mol. The molecule has 1 saturated carbocycles. The van der Waals surface area contributed by atoms with E-state index in [-0.39, 0.29) is 29.7 Å². The summed E-state index contributed by atoms with van der Waals surface area (Å²) in [7, 11) is 0. The third-order valence-electron chi connectivity index (χ3n) is 5.23. The molecule has 0 radical (unpaired) electrons. The first-order valence-corrected chi connectivity index (χ1v) is 9.89. The standard InChI is InChI=1S/C17H25N9O3.ClH/c18-15-16(23-29-22-15)26-14(13(20-24-26)11-25-6-8-28-9-7-25)17(27)21-19-10-12-4-2-1-3-5-12;/h10,12H,1-9,11H2,(H2,18,22)(H,21,27);1H/b19-10+;. The van der Waals surface area contributed by atoms with Crippen LogP contribution in [-0.4, -0.2) is 68.6 Å². The number of halogens is 1. The Balaban J connectivity index is 0.00000256. The maximum absolute atomic E-state index is 12.9. The number of nitrogens with one attached hydrogen (secondary N) is 1. The van der Waals surface area contributed by atoms with Crippen molar-refractivity contribution in [1.29, 1.82) is 0 Å². The predicted octanol–water partition coefficient (Wildman–Crippen LogP) is 0.782. The van der Waals surface area contributed by atoms with Crippen LogP contribution in [0.5, 0.6) is 0 Å². The molecule has 0 atom stereocenters. The molecular formula is C17H26ClN9O3. The van der Waals surface area contributed by atoms with E-state index in [0.717, 1.165) is 25.9 Å². The van der Waals surface area contributed by atoms with E-state index in [1.165, 1.54) is 23.9 Å². The van der Waals surface area contributed by atoms with Crippen molar-refractivity contribution in [2.75, 3.05) is 32.0 Å². The molecule has 30 heavy (non-hydrogen) atoms. The van der Waals surface area contributed by atoms with Crippen LogP contribution in [0.1, 0.15) is 48.3 Å². The van der Waals surface area contributed by atoms with E-state index >= 15 is 0 Å². The summed E-state index contributed by atoms with van der Waals surface area (Å²) in [5.74, 6) is 0.0997. The summed E-state index contributed by atoms with van der Waals surface area (Å²) in [6, 6.07) is 0. The molecule has 12 nitrogen and oxygen atoms in total. The van der Waals surface area contributed by atoms with Gasteiger partial charge >= 0.3 is 0 Å². The minimum Gasteiger partial charge on any atom is -0.379 e. The maximum Gasteiger partial charge on any atom is 0.292 e. The average molecular weight is 440 g/mol. The molecule has 1 aliphatic carbocycles. The van der Waals surface area contributed by atoms with Crippen molar-refractivity contribution in [1.82, 2.24) is 35.6 Å². The van der Waals surface area contributed by atoms with Gasteiger partial charge in [0, 0.05) is 25.8 Å². The lowest BCUT2D eigenvalue weighted by atomic mass is 9.90. The Labute approximate surface area is 179 Å². The summed E-state index contributed by atoms with van der Waals surface area (Å²) in [6.07, 6.45) is 7.68. The van der Waals surface area contributed by atoms with E-state index in [1.807, 2.05) is 6.21 Å². The van der Waals surface area contributed by atoms with Crippen molar-refractivity contribution < 1.29 is 14.2 Å². The first kappa shape index (κ1) is 22.1. The molecule has 0 aromatic carbocycles. The van der Waals surface area contributed by atoms with E-state index in [2.05, 4.69) is 40.7 Å². The van der Waals surface area contributed by atoms with Crippen molar-refractivity contribution >= 4 is 30.3 Å². The number of hydrazone groups is 1. The number of anilines is 1. The van der Waals surface area contributed by atoms with Gasteiger partial charge in [-0.3, -0.25) is 9.69 Å². The molecule has 0 unspecified atom stereocenters. The zero-order valence-electron chi connectivity index (χ0n) is 16.6. The Morgan fingerprint density at radius 1 is 1.23 bits per heavy atom. The fourth-order valence-corrected chi connectivity index (χ4v) is 3.64. The number of morpholine rings is 1. The fourth-order valence-electron chi connectivity index (χ4n) is 3.64. The lowest BCUT2D eigenvalue weighted by Crippen LogP contribution is -2.36. The van der Waals surface area contributed by atoms with E-state index < -0.39 is 5.91 Å². The van der Waals surface area contributed by atoms with Gasteiger partial charge in [-0.1, -0.05) is 24.5 Å². The molecule has 2 aliphatic rings. The van der Waals surface area contributed by atoms with Gasteiger partial charge in [0.25, 0.3) is 5.91 Å². The van der Waals surface area contributed by atoms with Crippen molar-refractivity contribution in [2.24, 2.45) is 11.0 Å². The summed E-state index contributed by atoms with van der Waals surface area (Å²) in [4.78, 5) is 15.1. The third-order valence-corrected chi connectivity index (χ3v) is 5.23. The molecule has 4 rings (SSSR count). The molecule has 3 N–H and O–H groups in total. The number of amides is 1. The van der Waals surface area contributed by atoms with Crippen molar-refractivity contribution in [3.05, 3.63) is 11.4 Å². The van der Waals surface area contributed by atoms with Crippen LogP contribution in [0.4, 0.5) is 5.82 Å². The predicted molar refractivity (Wildman–Crippen MR) is 110 cm³/mol. The Morgan fingerprint density at radius 2 is 2.00 bits per heavy atom. The average Bonchev–Trinajstić information content (AvgIpc) is 3.35. The van der Waals surface area contributed by atoms with Gasteiger partial charge in [0.2, 0.25) is 11.6 Å². The van der Waals surface area contributed by atoms with Crippen LogP contribution in [0.25, 0.3) is 5.82 Å². The number of carbonyl (C=O) groups excluding carboxylic acids is 1. The van der Waals surface area contributed by atoms with Gasteiger partial charge in [0.15, 0.2) is 5.69 Å². The topological polar surface area (TPSA) is 150 Å². The van der Waals surface area contributed by atoms with Crippen molar-refractivity contribution in [2.45, 2.75) is 38.6 Å². The highest BCUT2D eigenvalue weighted by molar-refractivity contribution is 5.94. The number of nitrogens with zero attached hydrogens (tertiary/aromatic N) is 7. The number of ether oxygens (including phenoxy) is 1. The number of hydrogen-bond donors (Lipinski definition) is 2. The zero-order chi connectivity index (χ0) is 20.1. The molecule has 2 fully saturated rings. The quantitative estimate of drug-likeness (QED) is 0.491. The highest BCUT2D eigenvalue weighted by atomic mass is 35.5. The molecular weight excluding hydrogens is 414 g/mol. The third kappa shape index (κ3) is 5.12. The minimum atomic E-state index is -0.437. The SMILES string of the molecule is Cl.Nc1nonc1-n1nnc(CN2CCOCC2)c1C(=O)N/N=C/C1CCCCC1. The second kappa shape index (κ2) is 10.5. The van der Waals surface area contributed by atoms with Gasteiger partial charge in [-0.15, -0.1) is 17.5 Å². The van der Waals surface area contributed by atoms with Crippen molar-refractivity contribution in [3.63, 3.8) is 0 Å². The minimum absolute atomic E-state index is 0. The molecule has 2 aromatic heterocycles. The lowest BCUT2D eigenvalue weighted by molar-refractivity contribution is 0.0335. The Morgan fingerprint density at radius 3 is 2.70 bits per heavy atom. The number of carbonyl (C=O) groups is 1. The molecule has 1 aliphatic heterocycles. The van der Waals surface area contributed by atoms with Crippen LogP contribution in [0.3, 0.4) is 0 Å². The van der Waals surface area contributed by atoms with Gasteiger partial charge in [-0.25, -0.2) is 10.1 Å². The molecule has 2 aromatic rings. The van der Waals surface area contributed by atoms with Crippen LogP contribution in [0.15, 0.2) is 9.73 Å². The van der Waals surface area contributed by atoms with Gasteiger partial charge in [-0.05, 0) is 29.1 Å². The number of aromatic nitrogens is 5. The van der Waals surface area contributed by atoms with Crippen LogP contribution in [0, 0.1) is 5.92 Å². The molecule has 1 amide bonds. The molecule has 164 valence electrons. The molecule has 0 spiro atoms. The lowest BCUT2D eigenvalue weighted by Gasteiger charge is -2.25. The Bertz CT molecular complexity index is 857. The van der Waals surface area contributed by atoms with Crippen LogP contribution >= 0.6 is 12.4 Å². The molecule has 13 heteroatoms. The van der Waals surface area contributed by atoms with Gasteiger partial charge in [-0.2, -0.15) is 9.78 Å². The van der Waals surface area contributed by atoms with Crippen molar-refractivity contribution in [3.8, 4) is 5.82 Å². The van der Waals surface area contributed by atoms with Crippen LogP contribution < -0.4 is 11.2 Å². The van der Waals surface area contributed by atoms with Gasteiger partial charge < -0.3 is 10.5 Å². The number of hydrogen-bond acceptors (Lipinski definition) is 10. The summed E-state index contributed by atoms with van der Waals surface area (Å²) < 4.78 is 11.3. The Hall–Kier alpha value is -2.57. The zero-order valence-corrected chi connectivity index (χ0v) is 17.4. The number of nitrogen functional groups attached to an aromatic ring is 1. The summed E-state index contributed by atoms with van der Waals surface area (Å²) >= 11 is 0. The smallest absolute Gasteiger partial charge is 0.292 e. The number of nitrogens with two attached hydrogens (primary N) is 1. The Kier molecular flexibility index (Phi) is 7.71. The van der Waals surface area contributed by atoms with E-state index in [0.29, 0.717) is 31.4 Å². The van der Waals surface area contributed by atoms with Gasteiger partial charge in [0.05, 0.1) is 13.2 Å². The first-order valence-electron chi connectivity index (χ1n) is 9.89. The van der Waals surface area contributed by atoms with Gasteiger partial charge in [0.1, 0.15) is 5.69 Å². The molecule has 1 saturated heterocycles. The van der Waals surface area contributed by atoms with Crippen LogP contribution in [-0.2, 0) is 11.3 Å². The highest BCUT2D eigenvalue weighted by Gasteiger charge is 2.26. The summed E-state index contributed by atoms with van der Waals surface area (Å²) in [5.41, 5.74) is 9.09. The number of rotatable bonds is 6. The fraction of sp³-hybridized carbons (Fsp3) is 0.647. The van der Waals surface area contributed by atoms with E-state index in [1.54, 1.807) is 0 Å². The molecule has 0 bridgehead atoms. The highest BCUT2D eigenvalue weighted by Crippen LogP contribution is 2.22. The first-order chi connectivity index (χ1) is 14.2. The summed E-state index contributed by atoms with van der Waals surface area (Å²) in [6.45, 7) is 3.23.